The van der Waals surface area contributed by atoms with Crippen LogP contribution < -0.4 is 9.80 Å². The molecule has 0 saturated carbocycles. The lowest BCUT2D eigenvalue weighted by Crippen LogP contribution is -2.49. The number of anilines is 3. The van der Waals surface area contributed by atoms with Crippen molar-refractivity contribution < 1.29 is 13.6 Å². The van der Waals surface area contributed by atoms with Crippen molar-refractivity contribution in [2.45, 2.75) is 19.3 Å². The van der Waals surface area contributed by atoms with Crippen molar-refractivity contribution >= 4 is 44.7 Å². The molecule has 2 aliphatic rings. The second-order valence-corrected chi connectivity index (χ2v) is 11.9. The van der Waals surface area contributed by atoms with Crippen LogP contribution in [-0.4, -0.2) is 79.5 Å². The van der Waals surface area contributed by atoms with Gasteiger partial charge < -0.3 is 14.7 Å². The highest BCUT2D eigenvalue weighted by atomic mass is 32.1. The first kappa shape index (κ1) is 28.0. The van der Waals surface area contributed by atoms with Crippen LogP contribution in [0.5, 0.6) is 0 Å². The van der Waals surface area contributed by atoms with Gasteiger partial charge in [-0.25, -0.2) is 18.7 Å². The standard InChI is InChI=1S/C31H31F2N7OS/c1-37(2)27(41)18-39-11-13-40(14-12-39)21-15-23-29(24(33)16-21)35-25-6-4-5-22(25)30(23)38(3)31-36-28(26(17-34)42-31)19-7-9-20(32)10-8-19/h7-10,15-16H,4-6,11-14,18H2,1-3H3. The van der Waals surface area contributed by atoms with Gasteiger partial charge in [-0.3, -0.25) is 9.69 Å². The van der Waals surface area contributed by atoms with Gasteiger partial charge in [-0.1, -0.05) is 11.3 Å². The van der Waals surface area contributed by atoms with Crippen LogP contribution in [0.4, 0.5) is 25.3 Å². The first-order chi connectivity index (χ1) is 20.2. The summed E-state index contributed by atoms with van der Waals surface area (Å²) in [5.41, 5.74) is 5.08. The van der Waals surface area contributed by atoms with Gasteiger partial charge >= 0.3 is 0 Å². The molecular formula is C31H31F2N7OS. The van der Waals surface area contributed by atoms with E-state index in [-0.39, 0.29) is 17.5 Å². The number of halogens is 2. The number of pyridine rings is 1. The SMILES string of the molecule is CN(C)C(=O)CN1CCN(c2cc(F)c3nc4c(c(N(C)c5nc(-c6ccc(F)cc6)c(C#N)s5)c3c2)CCC4)CC1. The Morgan fingerprint density at radius 3 is 2.48 bits per heavy atom. The fourth-order valence-corrected chi connectivity index (χ4v) is 6.63. The minimum Gasteiger partial charge on any atom is -0.369 e. The molecule has 1 saturated heterocycles. The maximum atomic E-state index is 15.8. The molecule has 0 spiro atoms. The lowest BCUT2D eigenvalue weighted by atomic mass is 10.0. The second kappa shape index (κ2) is 11.3. The molecule has 216 valence electrons. The van der Waals surface area contributed by atoms with Crippen LogP contribution in [0.25, 0.3) is 22.2 Å². The Kier molecular flexibility index (Phi) is 7.51. The van der Waals surface area contributed by atoms with Gasteiger partial charge in [-0.2, -0.15) is 5.26 Å². The van der Waals surface area contributed by atoms with Crippen LogP contribution in [0.2, 0.25) is 0 Å². The fraction of sp³-hybridized carbons (Fsp3) is 0.355. The summed E-state index contributed by atoms with van der Waals surface area (Å²) in [5, 5.41) is 11.2. The predicted molar refractivity (Wildman–Crippen MR) is 161 cm³/mol. The number of rotatable bonds is 6. The number of benzene rings is 2. The lowest BCUT2D eigenvalue weighted by Gasteiger charge is -2.36. The Balaban J connectivity index is 1.38. The topological polar surface area (TPSA) is 79.6 Å². The molecule has 0 unspecified atom stereocenters. The number of carbonyl (C=O) groups is 1. The van der Waals surface area contributed by atoms with Gasteiger partial charge in [0.1, 0.15) is 28.0 Å². The molecule has 3 heterocycles. The number of hydrogen-bond acceptors (Lipinski definition) is 8. The third-order valence-electron chi connectivity index (χ3n) is 8.08. The van der Waals surface area contributed by atoms with Gasteiger partial charge in [-0.15, -0.1) is 0 Å². The highest BCUT2D eigenvalue weighted by Crippen LogP contribution is 2.43. The molecule has 11 heteroatoms. The molecule has 6 rings (SSSR count). The fourth-order valence-electron chi connectivity index (χ4n) is 5.77. The van der Waals surface area contributed by atoms with Crippen LogP contribution in [0.1, 0.15) is 22.6 Å². The monoisotopic (exact) mass is 587 g/mol. The van der Waals surface area contributed by atoms with Gasteiger partial charge in [0.2, 0.25) is 5.91 Å². The van der Waals surface area contributed by atoms with Crippen LogP contribution in [0.15, 0.2) is 36.4 Å². The Labute approximate surface area is 247 Å². The van der Waals surface area contributed by atoms with E-state index < -0.39 is 0 Å². The van der Waals surface area contributed by atoms with Crippen molar-refractivity contribution in [1.29, 1.82) is 5.26 Å². The van der Waals surface area contributed by atoms with Crippen LogP contribution in [-0.2, 0) is 17.6 Å². The third-order valence-corrected chi connectivity index (χ3v) is 9.11. The van der Waals surface area contributed by atoms with Gasteiger partial charge in [0.05, 0.1) is 12.2 Å². The summed E-state index contributed by atoms with van der Waals surface area (Å²) in [7, 11) is 5.41. The summed E-state index contributed by atoms with van der Waals surface area (Å²) in [4.78, 5) is 30.0. The summed E-state index contributed by atoms with van der Waals surface area (Å²) >= 11 is 1.26. The Morgan fingerprint density at radius 2 is 1.79 bits per heavy atom. The van der Waals surface area contributed by atoms with Crippen molar-refractivity contribution in [2.24, 2.45) is 0 Å². The number of fused-ring (bicyclic) bond motifs is 2. The molecule has 8 nitrogen and oxygen atoms in total. The van der Waals surface area contributed by atoms with Crippen molar-refractivity contribution in [3.8, 4) is 17.3 Å². The smallest absolute Gasteiger partial charge is 0.236 e. The zero-order valence-electron chi connectivity index (χ0n) is 23.8. The average molecular weight is 588 g/mol. The number of thiazole rings is 1. The van der Waals surface area contributed by atoms with Crippen molar-refractivity contribution in [3.05, 3.63) is 64.2 Å². The van der Waals surface area contributed by atoms with E-state index in [1.807, 2.05) is 18.0 Å². The minimum atomic E-state index is -0.374. The van der Waals surface area contributed by atoms with E-state index in [2.05, 4.69) is 15.9 Å². The number of aromatic nitrogens is 2. The van der Waals surface area contributed by atoms with Crippen LogP contribution in [0.3, 0.4) is 0 Å². The average Bonchev–Trinajstić information content (AvgIpc) is 3.64. The summed E-state index contributed by atoms with van der Waals surface area (Å²) < 4.78 is 29.3. The van der Waals surface area contributed by atoms with E-state index >= 15 is 4.39 Å². The Bertz CT molecular complexity index is 1710. The molecule has 0 radical (unpaired) electrons. The number of carbonyl (C=O) groups excluding carboxylic acids is 1. The molecule has 0 atom stereocenters. The van der Waals surface area contributed by atoms with Gasteiger partial charge in [0, 0.05) is 69.7 Å². The second-order valence-electron chi connectivity index (χ2n) is 11.0. The number of aryl methyl sites for hydroxylation is 1. The van der Waals surface area contributed by atoms with Crippen molar-refractivity contribution in [2.75, 3.05) is 63.7 Å². The number of likely N-dealkylation sites (N-methyl/N-ethyl adjacent to an activating group) is 1. The zero-order chi connectivity index (χ0) is 29.5. The molecule has 1 aliphatic carbocycles. The van der Waals surface area contributed by atoms with E-state index in [1.54, 1.807) is 37.2 Å². The number of nitrogens with zero attached hydrogens (tertiary/aromatic N) is 7. The minimum absolute atomic E-state index is 0.0668. The normalized spacial score (nSPS) is 15.1. The predicted octanol–water partition coefficient (Wildman–Crippen LogP) is 4.97. The van der Waals surface area contributed by atoms with E-state index in [0.29, 0.717) is 64.9 Å². The summed E-state index contributed by atoms with van der Waals surface area (Å²) in [6.07, 6.45) is 2.54. The molecular weight excluding hydrogens is 556 g/mol. The quantitative estimate of drug-likeness (QED) is 0.315. The maximum Gasteiger partial charge on any atom is 0.236 e. The zero-order valence-corrected chi connectivity index (χ0v) is 24.6. The van der Waals surface area contributed by atoms with E-state index in [9.17, 15) is 14.4 Å². The molecule has 1 fully saturated rings. The number of piperazine rings is 1. The summed E-state index contributed by atoms with van der Waals surface area (Å²) in [6.45, 7) is 3.13. The lowest BCUT2D eigenvalue weighted by molar-refractivity contribution is -0.129. The highest BCUT2D eigenvalue weighted by molar-refractivity contribution is 7.16. The van der Waals surface area contributed by atoms with Crippen molar-refractivity contribution in [1.82, 2.24) is 19.8 Å². The van der Waals surface area contributed by atoms with Gasteiger partial charge in [-0.05, 0) is 61.2 Å². The Hall–Kier alpha value is -4.14. The molecule has 1 amide bonds. The summed E-state index contributed by atoms with van der Waals surface area (Å²) in [5.74, 6) is -0.664. The first-order valence-corrected chi connectivity index (χ1v) is 14.8. The molecule has 2 aromatic heterocycles. The summed E-state index contributed by atoms with van der Waals surface area (Å²) in [6, 6.07) is 11.7. The Morgan fingerprint density at radius 1 is 1.05 bits per heavy atom. The first-order valence-electron chi connectivity index (χ1n) is 14.0. The van der Waals surface area contributed by atoms with E-state index in [0.717, 1.165) is 41.9 Å². The maximum absolute atomic E-state index is 15.8. The van der Waals surface area contributed by atoms with Crippen molar-refractivity contribution in [3.63, 3.8) is 0 Å². The molecule has 4 aromatic rings. The number of amides is 1. The van der Waals surface area contributed by atoms with Gasteiger partial charge in [0.25, 0.3) is 0 Å². The number of nitriles is 1. The van der Waals surface area contributed by atoms with E-state index in [1.165, 1.54) is 23.5 Å². The third kappa shape index (κ3) is 5.16. The highest BCUT2D eigenvalue weighted by Gasteiger charge is 2.28. The molecule has 42 heavy (non-hydrogen) atoms. The number of hydrogen-bond donors (Lipinski definition) is 0. The van der Waals surface area contributed by atoms with E-state index in [4.69, 9.17) is 9.97 Å². The largest absolute Gasteiger partial charge is 0.369 e. The molecule has 0 N–H and O–H groups in total. The van der Waals surface area contributed by atoms with Crippen LogP contribution >= 0.6 is 11.3 Å². The molecule has 0 bridgehead atoms. The van der Waals surface area contributed by atoms with Crippen LogP contribution in [0, 0.1) is 23.0 Å². The molecule has 1 aliphatic heterocycles. The van der Waals surface area contributed by atoms with Gasteiger partial charge in [0.15, 0.2) is 10.9 Å². The molecule has 2 aromatic carbocycles.